The first kappa shape index (κ1) is 16.2. The van der Waals surface area contributed by atoms with E-state index in [0.29, 0.717) is 24.9 Å². The number of amides is 1. The minimum atomic E-state index is 0.0367. The monoisotopic (exact) mass is 303 g/mol. The molecule has 6 heteroatoms. The van der Waals surface area contributed by atoms with Crippen LogP contribution in [0.2, 0.25) is 0 Å². The summed E-state index contributed by atoms with van der Waals surface area (Å²) in [5.74, 6) is 1.10. The SMILES string of the molecule is CC[NH+](CC(=O)NC(C)C)Cc1nnc(-c2ccccc2)o1. The summed E-state index contributed by atoms with van der Waals surface area (Å²) in [4.78, 5) is 12.9. The number of nitrogens with zero attached hydrogens (tertiary/aromatic N) is 2. The van der Waals surface area contributed by atoms with Gasteiger partial charge in [0.25, 0.3) is 11.8 Å². The Bertz CT molecular complexity index is 595. The van der Waals surface area contributed by atoms with E-state index in [-0.39, 0.29) is 11.9 Å². The van der Waals surface area contributed by atoms with Gasteiger partial charge in [-0.2, -0.15) is 0 Å². The molecule has 1 atom stereocenters. The van der Waals surface area contributed by atoms with Crippen molar-refractivity contribution in [2.24, 2.45) is 0 Å². The number of aromatic nitrogens is 2. The number of likely N-dealkylation sites (N-methyl/N-ethyl adjacent to an activating group) is 1. The Balaban J connectivity index is 1.97. The van der Waals surface area contributed by atoms with Crippen LogP contribution in [0.4, 0.5) is 0 Å². The second kappa shape index (κ2) is 7.70. The number of rotatable bonds is 7. The third-order valence-electron chi connectivity index (χ3n) is 3.25. The van der Waals surface area contributed by atoms with E-state index >= 15 is 0 Å². The second-order valence-electron chi connectivity index (χ2n) is 5.55. The van der Waals surface area contributed by atoms with Crippen LogP contribution in [0.25, 0.3) is 11.5 Å². The lowest BCUT2D eigenvalue weighted by molar-refractivity contribution is -0.905. The molecular weight excluding hydrogens is 280 g/mol. The Morgan fingerprint density at radius 2 is 2.00 bits per heavy atom. The van der Waals surface area contributed by atoms with Crippen LogP contribution in [-0.4, -0.2) is 35.2 Å². The van der Waals surface area contributed by atoms with Gasteiger partial charge in [0.05, 0.1) is 6.54 Å². The lowest BCUT2D eigenvalue weighted by Crippen LogP contribution is -3.11. The zero-order chi connectivity index (χ0) is 15.9. The molecule has 1 heterocycles. The third-order valence-corrected chi connectivity index (χ3v) is 3.25. The van der Waals surface area contributed by atoms with Gasteiger partial charge in [-0.25, -0.2) is 0 Å². The predicted molar refractivity (Wildman–Crippen MR) is 83.1 cm³/mol. The van der Waals surface area contributed by atoms with E-state index in [9.17, 15) is 4.79 Å². The van der Waals surface area contributed by atoms with Crippen LogP contribution in [0.1, 0.15) is 26.7 Å². The molecule has 1 aromatic heterocycles. The van der Waals surface area contributed by atoms with Gasteiger partial charge < -0.3 is 14.6 Å². The molecule has 0 aliphatic carbocycles. The number of nitrogens with one attached hydrogen (secondary N) is 2. The number of hydrogen-bond donors (Lipinski definition) is 2. The Hall–Kier alpha value is -2.21. The molecule has 2 aromatic rings. The molecule has 1 amide bonds. The Morgan fingerprint density at radius 3 is 2.64 bits per heavy atom. The molecule has 2 rings (SSSR count). The predicted octanol–water partition coefficient (Wildman–Crippen LogP) is 0.666. The maximum absolute atomic E-state index is 11.8. The van der Waals surface area contributed by atoms with E-state index in [2.05, 4.69) is 15.5 Å². The summed E-state index contributed by atoms with van der Waals surface area (Å²) in [6, 6.07) is 9.81. The van der Waals surface area contributed by atoms with Crippen molar-refractivity contribution in [1.82, 2.24) is 15.5 Å². The van der Waals surface area contributed by atoms with Crippen molar-refractivity contribution >= 4 is 5.91 Å². The van der Waals surface area contributed by atoms with Gasteiger partial charge >= 0.3 is 0 Å². The summed E-state index contributed by atoms with van der Waals surface area (Å²) in [7, 11) is 0. The molecule has 1 unspecified atom stereocenters. The summed E-state index contributed by atoms with van der Waals surface area (Å²) in [6.45, 7) is 7.70. The Kier molecular flexibility index (Phi) is 5.66. The van der Waals surface area contributed by atoms with Crippen molar-refractivity contribution in [3.63, 3.8) is 0 Å². The number of carbonyl (C=O) groups is 1. The summed E-state index contributed by atoms with van der Waals surface area (Å²) in [6.07, 6.45) is 0. The van der Waals surface area contributed by atoms with Crippen LogP contribution in [0.3, 0.4) is 0 Å². The molecule has 0 saturated carbocycles. The number of hydrogen-bond acceptors (Lipinski definition) is 4. The summed E-state index contributed by atoms with van der Waals surface area (Å²) < 4.78 is 5.69. The van der Waals surface area contributed by atoms with E-state index in [1.165, 1.54) is 0 Å². The Morgan fingerprint density at radius 1 is 1.27 bits per heavy atom. The lowest BCUT2D eigenvalue weighted by atomic mass is 10.2. The first-order valence-electron chi connectivity index (χ1n) is 7.59. The van der Waals surface area contributed by atoms with Crippen molar-refractivity contribution in [3.05, 3.63) is 36.2 Å². The van der Waals surface area contributed by atoms with Gasteiger partial charge in [-0.3, -0.25) is 4.79 Å². The van der Waals surface area contributed by atoms with Gasteiger partial charge in [0.15, 0.2) is 13.1 Å². The number of benzene rings is 1. The van der Waals surface area contributed by atoms with Crippen LogP contribution >= 0.6 is 0 Å². The van der Waals surface area contributed by atoms with E-state index < -0.39 is 0 Å². The molecule has 118 valence electrons. The highest BCUT2D eigenvalue weighted by molar-refractivity contribution is 5.77. The molecule has 0 fully saturated rings. The third kappa shape index (κ3) is 4.66. The van der Waals surface area contributed by atoms with Crippen molar-refractivity contribution < 1.29 is 14.1 Å². The minimum Gasteiger partial charge on any atom is -0.415 e. The molecule has 0 saturated heterocycles. The molecule has 6 nitrogen and oxygen atoms in total. The molecule has 0 radical (unpaired) electrons. The standard InChI is InChI=1S/C16H22N4O2/c1-4-20(10-14(21)17-12(2)3)11-15-18-19-16(22-15)13-8-6-5-7-9-13/h5-9,12H,4,10-11H2,1-3H3,(H,17,21)/p+1. The molecular formula is C16H23N4O2+. The number of carbonyl (C=O) groups excluding carboxylic acids is 1. The highest BCUT2D eigenvalue weighted by Gasteiger charge is 2.17. The van der Waals surface area contributed by atoms with Gasteiger partial charge in [-0.1, -0.05) is 18.2 Å². The fourth-order valence-corrected chi connectivity index (χ4v) is 2.15. The molecule has 0 bridgehead atoms. The van der Waals surface area contributed by atoms with Crippen LogP contribution in [-0.2, 0) is 11.3 Å². The fourth-order valence-electron chi connectivity index (χ4n) is 2.15. The molecule has 2 N–H and O–H groups in total. The van der Waals surface area contributed by atoms with Crippen molar-refractivity contribution in [1.29, 1.82) is 0 Å². The minimum absolute atomic E-state index is 0.0367. The summed E-state index contributed by atoms with van der Waals surface area (Å²) >= 11 is 0. The van der Waals surface area contributed by atoms with Crippen molar-refractivity contribution in [2.45, 2.75) is 33.4 Å². The molecule has 0 aliphatic heterocycles. The molecule has 22 heavy (non-hydrogen) atoms. The highest BCUT2D eigenvalue weighted by atomic mass is 16.4. The Labute approximate surface area is 130 Å². The van der Waals surface area contributed by atoms with Gasteiger partial charge in [0.1, 0.15) is 0 Å². The molecule has 0 aliphatic rings. The van der Waals surface area contributed by atoms with Gasteiger partial charge in [-0.15, -0.1) is 10.2 Å². The fraction of sp³-hybridized carbons (Fsp3) is 0.438. The zero-order valence-electron chi connectivity index (χ0n) is 13.3. The maximum Gasteiger partial charge on any atom is 0.275 e. The van der Waals surface area contributed by atoms with E-state index in [1.54, 1.807) is 0 Å². The second-order valence-corrected chi connectivity index (χ2v) is 5.55. The van der Waals surface area contributed by atoms with Gasteiger partial charge in [0.2, 0.25) is 5.89 Å². The summed E-state index contributed by atoms with van der Waals surface area (Å²) in [5.41, 5.74) is 0.900. The highest BCUT2D eigenvalue weighted by Crippen LogP contribution is 2.16. The van der Waals surface area contributed by atoms with E-state index in [1.807, 2.05) is 51.1 Å². The number of quaternary nitrogens is 1. The summed E-state index contributed by atoms with van der Waals surface area (Å²) in [5, 5.41) is 11.0. The van der Waals surface area contributed by atoms with Crippen LogP contribution in [0.5, 0.6) is 0 Å². The average molecular weight is 303 g/mol. The first-order valence-corrected chi connectivity index (χ1v) is 7.59. The molecule has 0 spiro atoms. The van der Waals surface area contributed by atoms with Gasteiger partial charge in [0, 0.05) is 11.6 Å². The van der Waals surface area contributed by atoms with Gasteiger partial charge in [-0.05, 0) is 32.9 Å². The lowest BCUT2D eigenvalue weighted by Gasteiger charge is -2.16. The molecule has 1 aromatic carbocycles. The van der Waals surface area contributed by atoms with E-state index in [0.717, 1.165) is 17.0 Å². The van der Waals surface area contributed by atoms with E-state index in [4.69, 9.17) is 4.42 Å². The van der Waals surface area contributed by atoms with Crippen LogP contribution < -0.4 is 10.2 Å². The topological polar surface area (TPSA) is 72.5 Å². The van der Waals surface area contributed by atoms with Crippen LogP contribution in [0.15, 0.2) is 34.7 Å². The normalized spacial score (nSPS) is 12.4. The van der Waals surface area contributed by atoms with Crippen LogP contribution in [0, 0.1) is 0 Å². The average Bonchev–Trinajstić information content (AvgIpc) is 2.95. The first-order chi connectivity index (χ1) is 10.6. The maximum atomic E-state index is 11.8. The van der Waals surface area contributed by atoms with Crippen molar-refractivity contribution in [3.8, 4) is 11.5 Å². The quantitative estimate of drug-likeness (QED) is 0.788. The smallest absolute Gasteiger partial charge is 0.275 e. The van der Waals surface area contributed by atoms with Crippen molar-refractivity contribution in [2.75, 3.05) is 13.1 Å². The zero-order valence-corrected chi connectivity index (χ0v) is 13.3. The largest absolute Gasteiger partial charge is 0.415 e.